The van der Waals surface area contributed by atoms with E-state index in [-0.39, 0.29) is 0 Å². The molecule has 1 rings (SSSR count). The second kappa shape index (κ2) is 15.1. The molecule has 0 amide bonds. The lowest BCUT2D eigenvalue weighted by Crippen LogP contribution is -2.38. The third-order valence-electron chi connectivity index (χ3n) is 5.40. The number of unbranched alkanes of at least 4 members (excludes halogenated alkanes) is 12. The molecule has 0 spiro atoms. The molecule has 3 heteroatoms. The van der Waals surface area contributed by atoms with Gasteiger partial charge in [-0.3, -0.25) is 0 Å². The second-order valence-corrected chi connectivity index (χ2v) is 12.2. The van der Waals surface area contributed by atoms with Gasteiger partial charge in [-0.15, -0.1) is 0 Å². The van der Waals surface area contributed by atoms with Crippen molar-refractivity contribution in [2.24, 2.45) is 0 Å². The fraction of sp³-hybridized carbons (Fsp3) is 0.760. The highest BCUT2D eigenvalue weighted by Crippen LogP contribution is 2.23. The lowest BCUT2D eigenvalue weighted by molar-refractivity contribution is 0.240. The van der Waals surface area contributed by atoms with Crippen LogP contribution in [0.2, 0.25) is 13.1 Å². The van der Waals surface area contributed by atoms with Crippen molar-refractivity contribution in [3.63, 3.8) is 0 Å². The molecule has 0 aliphatic carbocycles. The van der Waals surface area contributed by atoms with Gasteiger partial charge in [0, 0.05) is 6.61 Å². The van der Waals surface area contributed by atoms with Crippen molar-refractivity contribution in [2.45, 2.75) is 117 Å². The van der Waals surface area contributed by atoms with E-state index in [4.69, 9.17) is 8.85 Å². The highest BCUT2D eigenvalue weighted by Gasteiger charge is 2.27. The van der Waals surface area contributed by atoms with Gasteiger partial charge in [-0.05, 0) is 50.6 Å². The van der Waals surface area contributed by atoms with Crippen LogP contribution in [-0.2, 0) is 4.43 Å². The van der Waals surface area contributed by atoms with Crippen LogP contribution in [0.15, 0.2) is 18.2 Å². The van der Waals surface area contributed by atoms with Gasteiger partial charge in [0.2, 0.25) is 0 Å². The molecule has 28 heavy (non-hydrogen) atoms. The average molecular weight is 407 g/mol. The van der Waals surface area contributed by atoms with E-state index >= 15 is 0 Å². The van der Waals surface area contributed by atoms with E-state index in [1.807, 2.05) is 0 Å². The summed E-state index contributed by atoms with van der Waals surface area (Å²) in [5.41, 5.74) is 2.43. The molecule has 1 aromatic rings. The van der Waals surface area contributed by atoms with E-state index in [1.54, 1.807) is 0 Å². The summed E-state index contributed by atoms with van der Waals surface area (Å²) in [5, 5.41) is 0. The van der Waals surface area contributed by atoms with Gasteiger partial charge in [-0.2, -0.15) is 0 Å². The van der Waals surface area contributed by atoms with Gasteiger partial charge in [-0.1, -0.05) is 96.1 Å². The monoisotopic (exact) mass is 406 g/mol. The van der Waals surface area contributed by atoms with Crippen LogP contribution in [0.5, 0.6) is 5.75 Å². The molecule has 1 aromatic carbocycles. The van der Waals surface area contributed by atoms with Crippen LogP contribution in [0, 0.1) is 13.8 Å². The number of hydrogen-bond acceptors (Lipinski definition) is 2. The maximum atomic E-state index is 6.24. The Bertz CT molecular complexity index is 513. The van der Waals surface area contributed by atoms with Crippen LogP contribution in [0.3, 0.4) is 0 Å². The molecule has 2 nitrogen and oxygen atoms in total. The number of benzene rings is 1. The Balaban J connectivity index is 1.98. The molecule has 0 radical (unpaired) electrons. The molecule has 0 N–H and O–H groups in total. The zero-order chi connectivity index (χ0) is 20.7. The Hall–Kier alpha value is -0.803. The van der Waals surface area contributed by atoms with Crippen molar-refractivity contribution < 1.29 is 8.85 Å². The molecule has 0 aliphatic rings. The van der Waals surface area contributed by atoms with Gasteiger partial charge in [0.15, 0.2) is 0 Å². The minimum atomic E-state index is -2.10. The predicted octanol–water partition coefficient (Wildman–Crippen LogP) is 8.49. The molecule has 0 unspecified atom stereocenters. The molecule has 0 aromatic heterocycles. The smallest absolute Gasteiger partial charge is 0.392 e. The van der Waals surface area contributed by atoms with Crippen molar-refractivity contribution in [3.05, 3.63) is 29.3 Å². The minimum Gasteiger partial charge on any atom is -0.520 e. The molecule has 0 heterocycles. The van der Waals surface area contributed by atoms with E-state index in [9.17, 15) is 0 Å². The predicted molar refractivity (Wildman–Crippen MR) is 126 cm³/mol. The molecule has 0 bridgehead atoms. The third kappa shape index (κ3) is 12.6. The summed E-state index contributed by atoms with van der Waals surface area (Å²) in [5.74, 6) is 0.988. The third-order valence-corrected chi connectivity index (χ3v) is 7.01. The summed E-state index contributed by atoms with van der Waals surface area (Å²) < 4.78 is 12.4. The fourth-order valence-corrected chi connectivity index (χ4v) is 4.99. The first-order valence-corrected chi connectivity index (χ1v) is 14.7. The summed E-state index contributed by atoms with van der Waals surface area (Å²) in [6.07, 6.45) is 18.0. The first-order chi connectivity index (χ1) is 13.4. The van der Waals surface area contributed by atoms with Gasteiger partial charge < -0.3 is 8.85 Å². The van der Waals surface area contributed by atoms with Crippen LogP contribution >= 0.6 is 0 Å². The highest BCUT2D eigenvalue weighted by molar-refractivity contribution is 6.65. The Morgan fingerprint density at radius 1 is 0.714 bits per heavy atom. The van der Waals surface area contributed by atoms with Crippen molar-refractivity contribution >= 4 is 8.56 Å². The van der Waals surface area contributed by atoms with E-state index in [1.165, 1.54) is 88.2 Å². The van der Waals surface area contributed by atoms with Gasteiger partial charge in [0.1, 0.15) is 5.75 Å². The lowest BCUT2D eigenvalue weighted by Gasteiger charge is -2.25. The van der Waals surface area contributed by atoms with Crippen molar-refractivity contribution in [2.75, 3.05) is 6.61 Å². The molecule has 0 saturated carbocycles. The van der Waals surface area contributed by atoms with E-state index < -0.39 is 8.56 Å². The fourth-order valence-electron chi connectivity index (χ4n) is 3.55. The van der Waals surface area contributed by atoms with Crippen LogP contribution in [-0.4, -0.2) is 15.2 Å². The van der Waals surface area contributed by atoms with Gasteiger partial charge in [0.25, 0.3) is 0 Å². The summed E-state index contributed by atoms with van der Waals surface area (Å²) >= 11 is 0. The zero-order valence-corrected chi connectivity index (χ0v) is 20.4. The van der Waals surface area contributed by atoms with Crippen molar-refractivity contribution in [3.8, 4) is 5.75 Å². The van der Waals surface area contributed by atoms with Crippen LogP contribution in [0.4, 0.5) is 0 Å². The molecular formula is C25H46O2Si. The largest absolute Gasteiger partial charge is 0.520 e. The molecule has 162 valence electrons. The molecule has 0 fully saturated rings. The van der Waals surface area contributed by atoms with Crippen molar-refractivity contribution in [1.29, 1.82) is 0 Å². The first-order valence-electron chi connectivity index (χ1n) is 11.8. The summed E-state index contributed by atoms with van der Waals surface area (Å²) in [6.45, 7) is 11.6. The maximum absolute atomic E-state index is 6.24. The van der Waals surface area contributed by atoms with E-state index in [0.29, 0.717) is 0 Å². The van der Waals surface area contributed by atoms with Gasteiger partial charge in [-0.25, -0.2) is 0 Å². The Labute approximate surface area is 176 Å². The van der Waals surface area contributed by atoms with Gasteiger partial charge >= 0.3 is 8.56 Å². The zero-order valence-electron chi connectivity index (χ0n) is 19.4. The normalized spacial score (nSPS) is 11.8. The molecule has 0 aliphatic heterocycles. The highest BCUT2D eigenvalue weighted by atomic mass is 28.4. The average Bonchev–Trinajstić information content (AvgIpc) is 2.64. The second-order valence-electron chi connectivity index (χ2n) is 8.86. The molecule has 0 saturated heterocycles. The van der Waals surface area contributed by atoms with Gasteiger partial charge in [0.05, 0.1) is 0 Å². The van der Waals surface area contributed by atoms with Crippen LogP contribution < -0.4 is 4.43 Å². The minimum absolute atomic E-state index is 0.835. The Morgan fingerprint density at radius 2 is 1.21 bits per heavy atom. The Kier molecular flexibility index (Phi) is 13.6. The standard InChI is InChI=1S/C25H46O2Si/c1-6-7-8-9-10-11-12-13-14-15-16-17-18-21-26-28(4,5)27-25-22-23(2)19-20-24(25)3/h19-20,22H,6-18,21H2,1-5H3. The van der Waals surface area contributed by atoms with Crippen LogP contribution in [0.1, 0.15) is 102 Å². The maximum Gasteiger partial charge on any atom is 0.392 e. The number of aryl methyl sites for hydroxylation is 2. The quantitative estimate of drug-likeness (QED) is 0.191. The molecule has 0 atom stereocenters. The summed E-state index contributed by atoms with van der Waals surface area (Å²) in [7, 11) is -2.10. The SMILES string of the molecule is CCCCCCCCCCCCCCCO[Si](C)(C)Oc1cc(C)ccc1C. The summed E-state index contributed by atoms with van der Waals surface area (Å²) in [4.78, 5) is 0. The first kappa shape index (κ1) is 25.2. The lowest BCUT2D eigenvalue weighted by atomic mass is 10.0. The van der Waals surface area contributed by atoms with Crippen molar-refractivity contribution in [1.82, 2.24) is 0 Å². The summed E-state index contributed by atoms with van der Waals surface area (Å²) in [6, 6.07) is 6.38. The van der Waals surface area contributed by atoms with E-state index in [2.05, 4.69) is 52.1 Å². The van der Waals surface area contributed by atoms with Crippen LogP contribution in [0.25, 0.3) is 0 Å². The molecular weight excluding hydrogens is 360 g/mol. The Morgan fingerprint density at radius 3 is 1.75 bits per heavy atom. The number of rotatable bonds is 17. The number of hydrogen-bond donors (Lipinski definition) is 0. The van der Waals surface area contributed by atoms with E-state index in [0.717, 1.165) is 18.8 Å². The topological polar surface area (TPSA) is 18.5 Å².